The van der Waals surface area contributed by atoms with Crippen molar-refractivity contribution in [1.82, 2.24) is 0 Å². The molecule has 4 aromatic carbocycles. The Morgan fingerprint density at radius 1 is 0.483 bits per heavy atom. The number of hydrogen-bond donors (Lipinski definition) is 2. The largest absolute Gasteiger partial charge is 0.508 e. The number of hydrogen-bond acceptors (Lipinski definition) is 2. The Balaban J connectivity index is 0.000000644. The van der Waals surface area contributed by atoms with E-state index in [1.54, 1.807) is 48.5 Å². The number of allylic oxidation sites excluding steroid dienone is 4. The molecule has 58 heavy (non-hydrogen) atoms. The fraction of sp³-hybridized carbons (Fsp3) is 0.434. The summed E-state index contributed by atoms with van der Waals surface area (Å²) in [4.78, 5) is 0. The molecule has 0 amide bonds. The standard InChI is InChI=1S/C41H60N2.2C6H6O.Ni/c1-5-9-13-14-15-16-17-18-21-31-39-38(30-12-8-4)40(36-28-22-26-34(32-36)24-19-10-6-2)43(42)41(39)37-29-23-27-35(33-37)25-20-11-7-3;2*7-6-4-2-1-3-5-6;/h21-23,26-29,31-33H,5-20,24-25,30H2,1-4H3;2*1-5,7H;. The van der Waals surface area contributed by atoms with Gasteiger partial charge in [-0.05, 0) is 111 Å². The third-order valence-electron chi connectivity index (χ3n) is 10.4. The zero-order valence-electron chi connectivity index (χ0n) is 36.1. The van der Waals surface area contributed by atoms with Crippen LogP contribution in [0.15, 0.2) is 132 Å². The molecule has 0 atom stereocenters. The van der Waals surface area contributed by atoms with Crippen molar-refractivity contribution in [3.8, 4) is 11.5 Å². The van der Waals surface area contributed by atoms with Crippen LogP contribution >= 0.6 is 0 Å². The number of nitrogens with zero attached hydrogens (tertiary/aromatic N) is 2. The van der Waals surface area contributed by atoms with Crippen molar-refractivity contribution in [3.05, 3.63) is 160 Å². The molecule has 316 valence electrons. The fourth-order valence-corrected chi connectivity index (χ4v) is 7.17. The predicted octanol–water partition coefficient (Wildman–Crippen LogP) is 16.0. The molecule has 0 saturated heterocycles. The van der Waals surface area contributed by atoms with Gasteiger partial charge in [-0.2, -0.15) is 0 Å². The van der Waals surface area contributed by atoms with Gasteiger partial charge in [0.2, 0.25) is 11.4 Å². The summed E-state index contributed by atoms with van der Waals surface area (Å²) in [6.45, 7) is 9.07. The molecule has 0 radical (unpaired) electrons. The van der Waals surface area contributed by atoms with Gasteiger partial charge in [-0.25, -0.2) is 4.70 Å². The van der Waals surface area contributed by atoms with Crippen LogP contribution < -0.4 is 0 Å². The van der Waals surface area contributed by atoms with Gasteiger partial charge in [0, 0.05) is 33.2 Å². The van der Waals surface area contributed by atoms with Gasteiger partial charge in [0.05, 0.1) is 5.57 Å². The Kier molecular flexibility index (Phi) is 26.5. The van der Waals surface area contributed by atoms with Crippen molar-refractivity contribution in [3.63, 3.8) is 0 Å². The van der Waals surface area contributed by atoms with Crippen LogP contribution in [0.1, 0.15) is 159 Å². The van der Waals surface area contributed by atoms with Crippen LogP contribution in [-0.4, -0.2) is 14.9 Å². The van der Waals surface area contributed by atoms with Crippen molar-refractivity contribution in [2.24, 2.45) is 0 Å². The summed E-state index contributed by atoms with van der Waals surface area (Å²) in [6.07, 6.45) is 27.9. The normalized spacial score (nSPS) is 12.2. The van der Waals surface area contributed by atoms with Crippen LogP contribution in [-0.2, 0) is 29.3 Å². The van der Waals surface area contributed by atoms with E-state index in [1.165, 1.54) is 110 Å². The molecule has 1 aliphatic heterocycles. The Labute approximate surface area is 362 Å². The Bertz CT molecular complexity index is 1760. The van der Waals surface area contributed by atoms with Gasteiger partial charge < -0.3 is 15.7 Å². The van der Waals surface area contributed by atoms with E-state index in [1.807, 2.05) is 12.1 Å². The molecule has 5 heteroatoms. The molecule has 0 aliphatic carbocycles. The molecule has 0 aromatic heterocycles. The average molecular weight is 828 g/mol. The second-order valence-electron chi connectivity index (χ2n) is 15.3. The molecule has 5 rings (SSSR count). The SMILES string of the molecule is CCCCCCCCCC=CC1=C(c2cccc(CCCCC)c2)[N+](=[N-])C(c2cccc(CCCCC)c2)=C1CCCC.Oc1ccccc1.Oc1ccccc1.[Ni]. The van der Waals surface area contributed by atoms with Gasteiger partial charge in [0.1, 0.15) is 11.5 Å². The van der Waals surface area contributed by atoms with Crippen LogP contribution in [0.2, 0.25) is 0 Å². The van der Waals surface area contributed by atoms with Crippen molar-refractivity contribution < 1.29 is 31.4 Å². The second-order valence-corrected chi connectivity index (χ2v) is 15.3. The van der Waals surface area contributed by atoms with E-state index in [2.05, 4.69) is 88.4 Å². The van der Waals surface area contributed by atoms with E-state index in [-0.39, 0.29) is 16.5 Å². The van der Waals surface area contributed by atoms with Crippen molar-refractivity contribution in [1.29, 1.82) is 0 Å². The number of para-hydroxylation sites is 2. The first-order valence-corrected chi connectivity index (χ1v) is 22.2. The maximum atomic E-state index is 12.0. The molecule has 1 aliphatic rings. The molecule has 0 spiro atoms. The minimum atomic E-state index is 0. The predicted molar refractivity (Wildman–Crippen MR) is 244 cm³/mol. The summed E-state index contributed by atoms with van der Waals surface area (Å²) in [5.74, 6) is 0.644. The number of phenolic OH excluding ortho intramolecular Hbond substituents is 2. The van der Waals surface area contributed by atoms with E-state index in [4.69, 9.17) is 10.2 Å². The van der Waals surface area contributed by atoms with Gasteiger partial charge in [-0.1, -0.05) is 171 Å². The fourth-order valence-electron chi connectivity index (χ4n) is 7.17. The number of benzene rings is 4. The van der Waals surface area contributed by atoms with Crippen LogP contribution in [0.5, 0.6) is 11.5 Å². The summed E-state index contributed by atoms with van der Waals surface area (Å²) >= 11 is 0. The maximum Gasteiger partial charge on any atom is 0.215 e. The van der Waals surface area contributed by atoms with Gasteiger partial charge in [-0.15, -0.1) is 0 Å². The van der Waals surface area contributed by atoms with E-state index in [0.717, 1.165) is 61.0 Å². The van der Waals surface area contributed by atoms with Crippen molar-refractivity contribution >= 4 is 11.4 Å². The van der Waals surface area contributed by atoms with Crippen molar-refractivity contribution in [2.75, 3.05) is 0 Å². The molecule has 4 aromatic rings. The molecule has 0 fully saturated rings. The van der Waals surface area contributed by atoms with E-state index < -0.39 is 0 Å². The second kappa shape index (κ2) is 30.8. The summed E-state index contributed by atoms with van der Waals surface area (Å²) in [5, 5.41) is 17.3. The van der Waals surface area contributed by atoms with Crippen LogP contribution in [0.25, 0.3) is 16.9 Å². The minimum Gasteiger partial charge on any atom is -0.508 e. The molecule has 4 nitrogen and oxygen atoms in total. The first-order valence-electron chi connectivity index (χ1n) is 22.2. The van der Waals surface area contributed by atoms with Crippen LogP contribution in [0.4, 0.5) is 0 Å². The summed E-state index contributed by atoms with van der Waals surface area (Å²) in [6, 6.07) is 35.3. The quantitative estimate of drug-likeness (QED) is 0.0471. The zero-order valence-corrected chi connectivity index (χ0v) is 37.1. The minimum absolute atomic E-state index is 0. The topological polar surface area (TPSA) is 65.8 Å². The maximum absolute atomic E-state index is 12.0. The molecule has 2 N–H and O–H groups in total. The molecular formula is C53H72N2NiO2. The van der Waals surface area contributed by atoms with Crippen LogP contribution in [0, 0.1) is 0 Å². The van der Waals surface area contributed by atoms with E-state index in [0.29, 0.717) is 11.5 Å². The van der Waals surface area contributed by atoms with E-state index >= 15 is 0 Å². The molecule has 0 unspecified atom stereocenters. The average Bonchev–Trinajstić information content (AvgIpc) is 3.51. The summed E-state index contributed by atoms with van der Waals surface area (Å²) in [7, 11) is 0. The molecule has 1 heterocycles. The van der Waals surface area contributed by atoms with E-state index in [9.17, 15) is 5.53 Å². The number of rotatable bonds is 22. The third-order valence-corrected chi connectivity index (χ3v) is 10.4. The smallest absolute Gasteiger partial charge is 0.215 e. The number of aromatic hydroxyl groups is 2. The summed E-state index contributed by atoms with van der Waals surface area (Å²) < 4.78 is 1.54. The van der Waals surface area contributed by atoms with Crippen molar-refractivity contribution in [2.45, 2.75) is 150 Å². The monoisotopic (exact) mass is 826 g/mol. The zero-order chi connectivity index (χ0) is 40.9. The summed E-state index contributed by atoms with van der Waals surface area (Å²) in [5.41, 5.74) is 21.4. The van der Waals surface area contributed by atoms with Gasteiger partial charge >= 0.3 is 0 Å². The third kappa shape index (κ3) is 18.6. The first kappa shape index (κ1) is 49.9. The molecule has 0 saturated carbocycles. The Morgan fingerprint density at radius 3 is 1.40 bits per heavy atom. The number of unbranched alkanes of at least 4 members (excludes halogenated alkanes) is 12. The number of aryl methyl sites for hydroxylation is 2. The Morgan fingerprint density at radius 2 is 0.931 bits per heavy atom. The molecular weight excluding hydrogens is 755 g/mol. The van der Waals surface area contributed by atoms with Gasteiger partial charge in [0.15, 0.2) is 0 Å². The first-order chi connectivity index (χ1) is 27.9. The van der Waals surface area contributed by atoms with Gasteiger partial charge in [-0.3, -0.25) is 0 Å². The molecule has 0 bridgehead atoms. The Hall–Kier alpha value is -4.21. The van der Waals surface area contributed by atoms with Gasteiger partial charge in [0.25, 0.3) is 0 Å². The number of phenols is 2. The van der Waals surface area contributed by atoms with Crippen LogP contribution in [0.3, 0.4) is 0 Å².